The van der Waals surface area contributed by atoms with E-state index in [1.165, 1.54) is 13.8 Å². The van der Waals surface area contributed by atoms with Crippen molar-refractivity contribution in [1.82, 2.24) is 0 Å². The van der Waals surface area contributed by atoms with Crippen LogP contribution in [0.3, 0.4) is 0 Å². The fraction of sp³-hybridized carbons (Fsp3) is 0.300. The number of rotatable bonds is 4. The van der Waals surface area contributed by atoms with Crippen molar-refractivity contribution in [3.8, 4) is 0 Å². The van der Waals surface area contributed by atoms with Gasteiger partial charge in [-0.2, -0.15) is 0 Å². The van der Waals surface area contributed by atoms with Crippen LogP contribution >= 0.6 is 0 Å². The van der Waals surface area contributed by atoms with Crippen LogP contribution in [0.15, 0.2) is 40.7 Å². The van der Waals surface area contributed by atoms with Crippen LogP contribution < -0.4 is 5.73 Å². The number of amides is 1. The zero-order chi connectivity index (χ0) is 11.3. The summed E-state index contributed by atoms with van der Waals surface area (Å²) < 4.78 is 0. The lowest BCUT2D eigenvalue weighted by Gasteiger charge is -2.15. The fourth-order valence-corrected chi connectivity index (χ4v) is 0.709. The summed E-state index contributed by atoms with van der Waals surface area (Å²) in [6.07, 6.45) is 0. The molecule has 0 spiro atoms. The van der Waals surface area contributed by atoms with Gasteiger partial charge in [-0.05, 0) is 26.0 Å². The van der Waals surface area contributed by atoms with Gasteiger partial charge < -0.3 is 10.6 Å². The number of hydrogen-bond acceptors (Lipinski definition) is 4. The zero-order valence-electron chi connectivity index (χ0n) is 8.68. The quantitative estimate of drug-likeness (QED) is 0.605. The first-order valence-corrected chi connectivity index (χ1v) is 4.46. The Morgan fingerprint density at radius 1 is 1.33 bits per heavy atom. The van der Waals surface area contributed by atoms with Crippen molar-refractivity contribution in [1.29, 1.82) is 0 Å². The van der Waals surface area contributed by atoms with Crippen LogP contribution in [-0.2, 0) is 9.63 Å². The van der Waals surface area contributed by atoms with Gasteiger partial charge in [0, 0.05) is 5.28 Å². The maximum Gasteiger partial charge on any atom is 0.263 e. The smallest absolute Gasteiger partial charge is 0.263 e. The number of nitrogens with two attached hydrogens (primary N) is 1. The van der Waals surface area contributed by atoms with Crippen LogP contribution in [0.4, 0.5) is 5.69 Å². The van der Waals surface area contributed by atoms with Crippen LogP contribution in [0.1, 0.15) is 13.8 Å². The molecule has 80 valence electrons. The average Bonchev–Trinajstić information content (AvgIpc) is 2.19. The van der Waals surface area contributed by atoms with E-state index in [0.717, 1.165) is 0 Å². The summed E-state index contributed by atoms with van der Waals surface area (Å²) in [6.45, 7) is 3.05. The Bertz CT molecular complexity index is 360. The second-order valence-electron chi connectivity index (χ2n) is 3.48. The van der Waals surface area contributed by atoms with Crippen molar-refractivity contribution in [3.05, 3.63) is 30.3 Å². The molecule has 1 rings (SSSR count). The minimum atomic E-state index is -1.14. The fourth-order valence-electron chi connectivity index (χ4n) is 0.709. The molecule has 1 amide bonds. The van der Waals surface area contributed by atoms with E-state index in [4.69, 9.17) is 10.6 Å². The topological polar surface area (TPSA) is 77.0 Å². The van der Waals surface area contributed by atoms with Crippen molar-refractivity contribution in [2.45, 2.75) is 19.4 Å². The monoisotopic (exact) mass is 207 g/mol. The number of nitrogens with zero attached hydrogens (tertiary/aromatic N) is 2. The molecule has 0 bridgehead atoms. The molecule has 1 aromatic carbocycles. The summed E-state index contributed by atoms with van der Waals surface area (Å²) in [6, 6.07) is 9.06. The predicted molar refractivity (Wildman–Crippen MR) is 55.3 cm³/mol. The van der Waals surface area contributed by atoms with Crippen LogP contribution in [0.5, 0.6) is 0 Å². The third-order valence-corrected chi connectivity index (χ3v) is 1.77. The lowest BCUT2D eigenvalue weighted by molar-refractivity contribution is -0.140. The van der Waals surface area contributed by atoms with E-state index in [9.17, 15) is 4.79 Å². The second-order valence-corrected chi connectivity index (χ2v) is 3.48. The van der Waals surface area contributed by atoms with Gasteiger partial charge in [-0.25, -0.2) is 0 Å². The molecule has 5 nitrogen and oxygen atoms in total. The molecular weight excluding hydrogens is 194 g/mol. The first-order valence-electron chi connectivity index (χ1n) is 4.46. The van der Waals surface area contributed by atoms with Crippen molar-refractivity contribution >= 4 is 11.6 Å². The first kappa shape index (κ1) is 11.2. The molecule has 0 saturated carbocycles. The predicted octanol–water partition coefficient (Wildman–Crippen LogP) is 1.97. The van der Waals surface area contributed by atoms with Gasteiger partial charge in [-0.3, -0.25) is 4.79 Å². The lowest BCUT2D eigenvalue weighted by atomic mass is 10.1. The summed E-state index contributed by atoms with van der Waals surface area (Å²) in [4.78, 5) is 15.7. The third-order valence-electron chi connectivity index (χ3n) is 1.77. The SMILES string of the molecule is CC(C)(ON=Nc1ccccc1)C(N)=O. The highest BCUT2D eigenvalue weighted by molar-refractivity contribution is 5.82. The summed E-state index contributed by atoms with van der Waals surface area (Å²) >= 11 is 0. The van der Waals surface area contributed by atoms with E-state index in [2.05, 4.69) is 10.4 Å². The molecule has 0 heterocycles. The minimum absolute atomic E-state index is 0.588. The number of benzene rings is 1. The minimum Gasteiger partial charge on any atom is -0.366 e. The van der Waals surface area contributed by atoms with Gasteiger partial charge >= 0.3 is 0 Å². The Balaban J connectivity index is 2.58. The molecule has 0 aromatic heterocycles. The maximum absolute atomic E-state index is 10.9. The van der Waals surface area contributed by atoms with E-state index in [1.807, 2.05) is 18.2 Å². The van der Waals surface area contributed by atoms with Gasteiger partial charge in [0.15, 0.2) is 0 Å². The number of hydrogen-bond donors (Lipinski definition) is 1. The van der Waals surface area contributed by atoms with Gasteiger partial charge in [-0.1, -0.05) is 18.2 Å². The zero-order valence-corrected chi connectivity index (χ0v) is 8.68. The average molecular weight is 207 g/mol. The Morgan fingerprint density at radius 3 is 2.47 bits per heavy atom. The second kappa shape index (κ2) is 4.54. The molecule has 1 aromatic rings. The first-order chi connectivity index (χ1) is 7.02. The molecule has 0 fully saturated rings. The molecule has 15 heavy (non-hydrogen) atoms. The van der Waals surface area contributed by atoms with Gasteiger partial charge in [0.05, 0.1) is 5.69 Å². The van der Waals surface area contributed by atoms with E-state index in [0.29, 0.717) is 5.69 Å². The van der Waals surface area contributed by atoms with E-state index < -0.39 is 11.5 Å². The number of carbonyl (C=O) groups excluding carboxylic acids is 1. The third kappa shape index (κ3) is 3.38. The van der Waals surface area contributed by atoms with Gasteiger partial charge in [0.1, 0.15) is 0 Å². The molecule has 0 aliphatic rings. The largest absolute Gasteiger partial charge is 0.366 e. The van der Waals surface area contributed by atoms with Crippen LogP contribution in [0.2, 0.25) is 0 Å². The van der Waals surface area contributed by atoms with Crippen LogP contribution in [0, 0.1) is 0 Å². The van der Waals surface area contributed by atoms with Gasteiger partial charge in [0.25, 0.3) is 5.91 Å². The van der Waals surface area contributed by atoms with Crippen LogP contribution in [-0.4, -0.2) is 11.5 Å². The number of carbonyl (C=O) groups is 1. The van der Waals surface area contributed by atoms with E-state index in [-0.39, 0.29) is 0 Å². The Labute approximate surface area is 87.9 Å². The standard InChI is InChI=1S/C10H13N3O2/c1-10(2,9(11)14)15-13-12-8-6-4-3-5-7-8/h3-7H,1-2H3,(H2,11,14). The van der Waals surface area contributed by atoms with Crippen molar-refractivity contribution in [2.75, 3.05) is 0 Å². The number of primary amides is 1. The van der Waals surface area contributed by atoms with Gasteiger partial charge in [0.2, 0.25) is 5.60 Å². The molecule has 0 atom stereocenters. The molecule has 0 saturated heterocycles. The highest BCUT2D eigenvalue weighted by Gasteiger charge is 2.27. The summed E-state index contributed by atoms with van der Waals surface area (Å²) in [5.41, 5.74) is 4.59. The molecule has 0 aliphatic heterocycles. The summed E-state index contributed by atoms with van der Waals surface area (Å²) in [5.74, 6) is -0.588. The molecular formula is C10H13N3O2. The lowest BCUT2D eigenvalue weighted by Crippen LogP contribution is -2.39. The summed E-state index contributed by atoms with van der Waals surface area (Å²) in [5, 5.41) is 7.23. The van der Waals surface area contributed by atoms with Crippen LogP contribution in [0.25, 0.3) is 0 Å². The van der Waals surface area contributed by atoms with Crippen molar-refractivity contribution < 1.29 is 9.63 Å². The molecule has 0 unspecified atom stereocenters. The summed E-state index contributed by atoms with van der Waals surface area (Å²) in [7, 11) is 0. The Morgan fingerprint density at radius 2 is 1.93 bits per heavy atom. The molecule has 0 aliphatic carbocycles. The van der Waals surface area contributed by atoms with E-state index in [1.54, 1.807) is 12.1 Å². The van der Waals surface area contributed by atoms with Crippen molar-refractivity contribution in [3.63, 3.8) is 0 Å². The highest BCUT2D eigenvalue weighted by atomic mass is 16.7. The van der Waals surface area contributed by atoms with Crippen molar-refractivity contribution in [2.24, 2.45) is 16.1 Å². The van der Waals surface area contributed by atoms with E-state index >= 15 is 0 Å². The molecule has 2 N–H and O–H groups in total. The molecule has 5 heteroatoms. The molecule has 0 radical (unpaired) electrons. The normalized spacial score (nSPS) is 11.6. The Hall–Kier alpha value is -1.91. The highest BCUT2D eigenvalue weighted by Crippen LogP contribution is 2.13. The Kier molecular flexibility index (Phi) is 3.38. The van der Waals surface area contributed by atoms with Gasteiger partial charge in [-0.15, -0.1) is 5.11 Å². The maximum atomic E-state index is 10.9.